The van der Waals surface area contributed by atoms with Crippen molar-refractivity contribution in [1.82, 2.24) is 15.7 Å². The van der Waals surface area contributed by atoms with Crippen LogP contribution in [0.25, 0.3) is 10.9 Å². The average molecular weight is 362 g/mol. The number of benzene rings is 2. The van der Waals surface area contributed by atoms with E-state index in [2.05, 4.69) is 20.8 Å². The zero-order valence-corrected chi connectivity index (χ0v) is 14.7. The van der Waals surface area contributed by atoms with E-state index < -0.39 is 5.91 Å². The minimum Gasteiger partial charge on any atom is -0.343 e. The van der Waals surface area contributed by atoms with Gasteiger partial charge in [-0.25, -0.2) is 5.43 Å². The molecule has 0 saturated heterocycles. The number of para-hydroxylation sites is 1. The molecule has 1 aromatic heterocycles. The fourth-order valence-corrected chi connectivity index (χ4v) is 2.52. The molecule has 27 heavy (non-hydrogen) atoms. The van der Waals surface area contributed by atoms with Gasteiger partial charge in [-0.2, -0.15) is 5.10 Å². The van der Waals surface area contributed by atoms with Gasteiger partial charge in [0.25, 0.3) is 17.4 Å². The molecule has 0 unspecified atom stereocenters. The molecule has 2 aromatic carbocycles. The molecular weight excluding hydrogens is 344 g/mol. The van der Waals surface area contributed by atoms with Crippen molar-refractivity contribution in [2.24, 2.45) is 5.10 Å². The van der Waals surface area contributed by atoms with E-state index >= 15 is 0 Å². The number of aromatic amines is 1. The summed E-state index contributed by atoms with van der Waals surface area (Å²) in [6, 6.07) is 16.1. The van der Waals surface area contributed by atoms with Gasteiger partial charge in [0.05, 0.1) is 18.3 Å². The van der Waals surface area contributed by atoms with Crippen LogP contribution in [0.4, 0.5) is 0 Å². The molecule has 7 heteroatoms. The van der Waals surface area contributed by atoms with Gasteiger partial charge in [-0.3, -0.25) is 14.4 Å². The van der Waals surface area contributed by atoms with Gasteiger partial charge in [-0.05, 0) is 36.6 Å². The maximum Gasteiger partial charge on any atom is 0.259 e. The molecule has 7 nitrogen and oxygen atoms in total. The molecule has 0 fully saturated rings. The minimum atomic E-state index is -0.496. The number of nitrogens with one attached hydrogen (secondary N) is 3. The molecule has 0 aliphatic carbocycles. The predicted octanol–water partition coefficient (Wildman–Crippen LogP) is 1.72. The SMILES string of the molecule is Cc1cccc(C(=O)NCC(=O)N/N=C/c2cc3ccccc3[nH]c2=O)c1. The van der Waals surface area contributed by atoms with Crippen LogP contribution in [0.15, 0.2) is 64.5 Å². The number of hydrogen-bond donors (Lipinski definition) is 3. The number of nitrogens with zero attached hydrogens (tertiary/aromatic N) is 1. The smallest absolute Gasteiger partial charge is 0.259 e. The molecular formula is C20H18N4O3. The molecule has 0 aliphatic rings. The van der Waals surface area contributed by atoms with Crippen LogP contribution in [0.3, 0.4) is 0 Å². The van der Waals surface area contributed by atoms with E-state index in [1.165, 1.54) is 6.21 Å². The third-order valence-electron chi connectivity index (χ3n) is 3.86. The number of hydrogen-bond acceptors (Lipinski definition) is 4. The Labute approximate surface area is 155 Å². The summed E-state index contributed by atoms with van der Waals surface area (Å²) < 4.78 is 0. The molecule has 136 valence electrons. The van der Waals surface area contributed by atoms with Gasteiger partial charge in [0.2, 0.25) is 0 Å². The van der Waals surface area contributed by atoms with E-state index in [4.69, 9.17) is 0 Å². The topological polar surface area (TPSA) is 103 Å². The standard InChI is InChI=1S/C20H18N4O3/c1-13-5-4-7-15(9-13)19(26)21-12-18(25)24-22-11-16-10-14-6-2-3-8-17(14)23-20(16)27/h2-11H,12H2,1H3,(H,21,26)(H,23,27)(H,24,25)/b22-11+. The van der Waals surface area contributed by atoms with Crippen LogP contribution in [0.5, 0.6) is 0 Å². The minimum absolute atomic E-state index is 0.224. The van der Waals surface area contributed by atoms with E-state index in [9.17, 15) is 14.4 Å². The first kappa shape index (κ1) is 18.1. The van der Waals surface area contributed by atoms with Crippen molar-refractivity contribution in [3.8, 4) is 0 Å². The first-order chi connectivity index (χ1) is 13.0. The van der Waals surface area contributed by atoms with Crippen LogP contribution < -0.4 is 16.3 Å². The number of carbonyl (C=O) groups excluding carboxylic acids is 2. The zero-order chi connectivity index (χ0) is 19.2. The second-order valence-corrected chi connectivity index (χ2v) is 5.99. The molecule has 0 saturated carbocycles. The maximum absolute atomic E-state index is 12.0. The van der Waals surface area contributed by atoms with Crippen LogP contribution in [0.1, 0.15) is 21.5 Å². The van der Waals surface area contributed by atoms with Crippen molar-refractivity contribution >= 4 is 28.9 Å². The van der Waals surface area contributed by atoms with Gasteiger partial charge < -0.3 is 10.3 Å². The second kappa shape index (κ2) is 8.09. The lowest BCUT2D eigenvalue weighted by atomic mass is 10.1. The first-order valence-corrected chi connectivity index (χ1v) is 8.32. The molecule has 0 radical (unpaired) electrons. The van der Waals surface area contributed by atoms with Crippen molar-refractivity contribution in [3.63, 3.8) is 0 Å². The molecule has 2 amide bonds. The van der Waals surface area contributed by atoms with E-state index in [0.717, 1.165) is 16.5 Å². The fraction of sp³-hybridized carbons (Fsp3) is 0.100. The summed E-state index contributed by atoms with van der Waals surface area (Å²) in [6.07, 6.45) is 1.27. The van der Waals surface area contributed by atoms with Crippen LogP contribution >= 0.6 is 0 Å². The summed E-state index contributed by atoms with van der Waals surface area (Å²) in [4.78, 5) is 38.5. The number of H-pyrrole nitrogens is 1. The number of rotatable bonds is 5. The summed E-state index contributed by atoms with van der Waals surface area (Å²) in [5.41, 5.74) is 4.46. The molecule has 3 aromatic rings. The quantitative estimate of drug-likeness (QED) is 0.475. The van der Waals surface area contributed by atoms with E-state index in [0.29, 0.717) is 11.1 Å². The Balaban J connectivity index is 1.57. The highest BCUT2D eigenvalue weighted by molar-refractivity contribution is 5.96. The summed E-state index contributed by atoms with van der Waals surface area (Å²) in [5, 5.41) is 7.15. The summed E-state index contributed by atoms with van der Waals surface area (Å²) in [5.74, 6) is -0.840. The monoisotopic (exact) mass is 362 g/mol. The Morgan fingerprint density at radius 1 is 1.11 bits per heavy atom. The van der Waals surface area contributed by atoms with Crippen molar-refractivity contribution in [2.75, 3.05) is 6.54 Å². The lowest BCUT2D eigenvalue weighted by molar-refractivity contribution is -0.120. The Hall–Kier alpha value is -3.74. The van der Waals surface area contributed by atoms with Crippen molar-refractivity contribution in [3.05, 3.63) is 81.6 Å². The molecule has 0 spiro atoms. The third kappa shape index (κ3) is 4.66. The Kier molecular flexibility index (Phi) is 5.41. The van der Waals surface area contributed by atoms with Gasteiger partial charge >= 0.3 is 0 Å². The third-order valence-corrected chi connectivity index (χ3v) is 3.86. The summed E-state index contributed by atoms with van der Waals surface area (Å²) >= 11 is 0. The fourth-order valence-electron chi connectivity index (χ4n) is 2.52. The molecule has 1 heterocycles. The van der Waals surface area contributed by atoms with Gasteiger partial charge in [-0.15, -0.1) is 0 Å². The Morgan fingerprint density at radius 2 is 1.93 bits per heavy atom. The summed E-state index contributed by atoms with van der Waals surface area (Å²) in [6.45, 7) is 1.66. The molecule has 0 aliphatic heterocycles. The highest BCUT2D eigenvalue weighted by atomic mass is 16.2. The van der Waals surface area contributed by atoms with Gasteiger partial charge in [0.15, 0.2) is 0 Å². The second-order valence-electron chi connectivity index (χ2n) is 5.99. The largest absolute Gasteiger partial charge is 0.343 e. The highest BCUT2D eigenvalue weighted by Gasteiger charge is 2.07. The lowest BCUT2D eigenvalue weighted by Gasteiger charge is -2.05. The lowest BCUT2D eigenvalue weighted by Crippen LogP contribution is -2.35. The average Bonchev–Trinajstić information content (AvgIpc) is 2.66. The Morgan fingerprint density at radius 3 is 2.74 bits per heavy atom. The zero-order valence-electron chi connectivity index (χ0n) is 14.7. The van der Waals surface area contributed by atoms with Gasteiger partial charge in [0.1, 0.15) is 0 Å². The van der Waals surface area contributed by atoms with Crippen LogP contribution in [0, 0.1) is 6.92 Å². The van der Waals surface area contributed by atoms with Crippen LogP contribution in [0.2, 0.25) is 0 Å². The summed E-state index contributed by atoms with van der Waals surface area (Å²) in [7, 11) is 0. The number of pyridine rings is 1. The van der Waals surface area contributed by atoms with Crippen molar-refractivity contribution in [2.45, 2.75) is 6.92 Å². The molecule has 0 atom stereocenters. The highest BCUT2D eigenvalue weighted by Crippen LogP contribution is 2.09. The van der Waals surface area contributed by atoms with E-state index in [1.807, 2.05) is 31.2 Å². The van der Waals surface area contributed by atoms with Crippen molar-refractivity contribution < 1.29 is 9.59 Å². The van der Waals surface area contributed by atoms with Crippen LogP contribution in [-0.2, 0) is 4.79 Å². The van der Waals surface area contributed by atoms with Crippen molar-refractivity contribution in [1.29, 1.82) is 0 Å². The molecule has 0 bridgehead atoms. The number of aromatic nitrogens is 1. The predicted molar refractivity (Wildman–Crippen MR) is 104 cm³/mol. The molecule has 3 rings (SSSR count). The Bertz CT molecular complexity index is 1090. The first-order valence-electron chi connectivity index (χ1n) is 8.32. The van der Waals surface area contributed by atoms with Crippen LogP contribution in [-0.4, -0.2) is 29.6 Å². The number of hydrazone groups is 1. The van der Waals surface area contributed by atoms with Gasteiger partial charge in [-0.1, -0.05) is 35.9 Å². The number of aryl methyl sites for hydroxylation is 1. The number of fused-ring (bicyclic) bond motifs is 1. The number of carbonyl (C=O) groups is 2. The van der Waals surface area contributed by atoms with E-state index in [1.54, 1.807) is 30.3 Å². The maximum atomic E-state index is 12.0. The molecule has 3 N–H and O–H groups in total. The normalized spacial score (nSPS) is 10.9. The van der Waals surface area contributed by atoms with E-state index in [-0.39, 0.29) is 18.0 Å². The number of amides is 2. The van der Waals surface area contributed by atoms with Gasteiger partial charge in [0, 0.05) is 11.1 Å².